The molecule has 0 unspecified atom stereocenters. The Hall–Kier alpha value is -3.67. The van der Waals surface area contributed by atoms with Gasteiger partial charge in [-0.2, -0.15) is 0 Å². The summed E-state index contributed by atoms with van der Waals surface area (Å²) in [5.41, 5.74) is 4.43. The van der Waals surface area contributed by atoms with Gasteiger partial charge in [0, 0.05) is 24.3 Å². The number of carbonyl (C=O) groups is 1. The third-order valence-corrected chi connectivity index (χ3v) is 5.75. The summed E-state index contributed by atoms with van der Waals surface area (Å²) < 4.78 is 3.53. The number of amides is 1. The Labute approximate surface area is 181 Å². The van der Waals surface area contributed by atoms with Crippen molar-refractivity contribution in [1.82, 2.24) is 19.4 Å². The first-order valence-electron chi connectivity index (χ1n) is 10.4. The molecule has 0 bridgehead atoms. The molecule has 2 heterocycles. The van der Waals surface area contributed by atoms with E-state index in [1.54, 1.807) is 0 Å². The highest BCUT2D eigenvalue weighted by molar-refractivity contribution is 5.83. The number of nitrogens with zero attached hydrogens (tertiary/aromatic N) is 3. The average Bonchev–Trinajstić information content (AvgIpc) is 3.05. The molecule has 6 nitrogen and oxygen atoms in total. The molecule has 1 amide bonds. The van der Waals surface area contributed by atoms with Crippen LogP contribution in [0.15, 0.2) is 71.8 Å². The first kappa shape index (κ1) is 20.6. The third kappa shape index (κ3) is 4.01. The lowest BCUT2D eigenvalue weighted by Crippen LogP contribution is -2.29. The number of carbonyl (C=O) groups excluding carboxylic acids is 1. The Bertz CT molecular complexity index is 1270. The molecule has 1 atom stereocenters. The smallest absolute Gasteiger partial charge is 0.263 e. The van der Waals surface area contributed by atoms with Gasteiger partial charge in [-0.1, -0.05) is 48.5 Å². The van der Waals surface area contributed by atoms with E-state index in [1.165, 1.54) is 10.9 Å². The second-order valence-electron chi connectivity index (χ2n) is 7.77. The number of aromatic nitrogens is 3. The second-order valence-corrected chi connectivity index (χ2v) is 7.77. The molecule has 31 heavy (non-hydrogen) atoms. The number of hydrogen-bond acceptors (Lipinski definition) is 3. The highest BCUT2D eigenvalue weighted by atomic mass is 16.2. The molecular weight excluding hydrogens is 388 g/mol. The molecule has 2 aromatic carbocycles. The summed E-state index contributed by atoms with van der Waals surface area (Å²) in [6.07, 6.45) is 1.75. The molecule has 0 saturated carbocycles. The van der Waals surface area contributed by atoms with Crippen molar-refractivity contribution in [3.05, 3.63) is 94.2 Å². The van der Waals surface area contributed by atoms with Crippen molar-refractivity contribution in [3.63, 3.8) is 0 Å². The second kappa shape index (κ2) is 8.60. The predicted octanol–water partition coefficient (Wildman–Crippen LogP) is 4.07. The van der Waals surface area contributed by atoms with E-state index in [9.17, 15) is 9.59 Å². The maximum Gasteiger partial charge on any atom is 0.263 e. The maximum absolute atomic E-state index is 13.2. The minimum Gasteiger partial charge on any atom is -0.350 e. The van der Waals surface area contributed by atoms with E-state index >= 15 is 0 Å². The average molecular weight is 415 g/mol. The molecule has 0 saturated heterocycles. The normalized spacial score (nSPS) is 12.1. The zero-order valence-electron chi connectivity index (χ0n) is 18.0. The summed E-state index contributed by atoms with van der Waals surface area (Å²) in [5, 5.41) is 3.59. The van der Waals surface area contributed by atoms with Crippen molar-refractivity contribution in [3.8, 4) is 5.69 Å². The summed E-state index contributed by atoms with van der Waals surface area (Å²) in [4.78, 5) is 30.2. The first-order chi connectivity index (χ1) is 15.0. The zero-order valence-corrected chi connectivity index (χ0v) is 18.0. The first-order valence-corrected chi connectivity index (χ1v) is 10.4. The Morgan fingerprint density at radius 2 is 1.68 bits per heavy atom. The van der Waals surface area contributed by atoms with Gasteiger partial charge in [0.25, 0.3) is 5.56 Å². The fraction of sp³-hybridized carbons (Fsp3) is 0.240. The number of para-hydroxylation sites is 1. The highest BCUT2D eigenvalue weighted by Gasteiger charge is 2.18. The van der Waals surface area contributed by atoms with Crippen LogP contribution in [0, 0.1) is 13.8 Å². The highest BCUT2D eigenvalue weighted by Crippen LogP contribution is 2.24. The SMILES string of the molecule is Cc1c(C)n(-c2ccccc2)c2ncn(CCC(=O)N[C@@H](C)c3ccccc3)c(=O)c12. The van der Waals surface area contributed by atoms with E-state index in [2.05, 4.69) is 10.3 Å². The van der Waals surface area contributed by atoms with Crippen LogP contribution >= 0.6 is 0 Å². The topological polar surface area (TPSA) is 68.9 Å². The van der Waals surface area contributed by atoms with Crippen molar-refractivity contribution in [2.24, 2.45) is 0 Å². The Morgan fingerprint density at radius 1 is 1.03 bits per heavy atom. The van der Waals surface area contributed by atoms with Gasteiger partial charge in [0.2, 0.25) is 5.91 Å². The lowest BCUT2D eigenvalue weighted by Gasteiger charge is -2.14. The summed E-state index contributed by atoms with van der Waals surface area (Å²) in [6.45, 7) is 6.17. The van der Waals surface area contributed by atoms with Crippen LogP contribution in [0.4, 0.5) is 0 Å². The minimum atomic E-state index is -0.121. The Kier molecular flexibility index (Phi) is 5.71. The predicted molar refractivity (Wildman–Crippen MR) is 122 cm³/mol. The summed E-state index contributed by atoms with van der Waals surface area (Å²) in [5.74, 6) is -0.0990. The number of rotatable bonds is 6. The van der Waals surface area contributed by atoms with Crippen molar-refractivity contribution in [2.45, 2.75) is 39.8 Å². The van der Waals surface area contributed by atoms with Gasteiger partial charge in [-0.05, 0) is 44.0 Å². The fourth-order valence-corrected chi connectivity index (χ4v) is 3.90. The summed E-state index contributed by atoms with van der Waals surface area (Å²) >= 11 is 0. The summed E-state index contributed by atoms with van der Waals surface area (Å²) in [6, 6.07) is 19.6. The zero-order chi connectivity index (χ0) is 22.0. The van der Waals surface area contributed by atoms with Crippen molar-refractivity contribution < 1.29 is 4.79 Å². The number of benzene rings is 2. The molecule has 1 N–H and O–H groups in total. The monoisotopic (exact) mass is 414 g/mol. The molecule has 0 aliphatic rings. The van der Waals surface area contributed by atoms with Gasteiger partial charge < -0.3 is 5.32 Å². The molecule has 0 radical (unpaired) electrons. The lowest BCUT2D eigenvalue weighted by molar-refractivity contribution is -0.121. The molecule has 4 rings (SSSR count). The van der Waals surface area contributed by atoms with E-state index < -0.39 is 0 Å². The number of fused-ring (bicyclic) bond motifs is 1. The van der Waals surface area contributed by atoms with Crippen LogP contribution in [-0.2, 0) is 11.3 Å². The van der Waals surface area contributed by atoms with Crippen LogP contribution in [0.3, 0.4) is 0 Å². The van der Waals surface area contributed by atoms with Crippen molar-refractivity contribution in [1.29, 1.82) is 0 Å². The van der Waals surface area contributed by atoms with E-state index in [1.807, 2.05) is 86.0 Å². The van der Waals surface area contributed by atoms with Gasteiger partial charge in [0.05, 0.1) is 17.8 Å². The number of nitrogens with one attached hydrogen (secondary N) is 1. The van der Waals surface area contributed by atoms with E-state index in [4.69, 9.17) is 0 Å². The standard InChI is InChI=1S/C25H26N4O2/c1-17-19(3)29(21-12-8-5-9-13-21)24-23(17)25(31)28(16-26-24)15-14-22(30)27-18(2)20-10-6-4-7-11-20/h4-13,16,18H,14-15H2,1-3H3,(H,27,30)/t18-/m0/s1. The van der Waals surface area contributed by atoms with Crippen LogP contribution in [0.1, 0.15) is 36.2 Å². The van der Waals surface area contributed by atoms with E-state index in [0.717, 1.165) is 22.5 Å². The van der Waals surface area contributed by atoms with E-state index in [0.29, 0.717) is 11.0 Å². The largest absolute Gasteiger partial charge is 0.350 e. The van der Waals surface area contributed by atoms with Gasteiger partial charge in [-0.3, -0.25) is 18.7 Å². The Balaban J connectivity index is 1.56. The third-order valence-electron chi connectivity index (χ3n) is 5.75. The number of aryl methyl sites for hydroxylation is 2. The van der Waals surface area contributed by atoms with Gasteiger partial charge in [0.1, 0.15) is 0 Å². The fourth-order valence-electron chi connectivity index (χ4n) is 3.90. The molecule has 158 valence electrons. The van der Waals surface area contributed by atoms with Gasteiger partial charge >= 0.3 is 0 Å². The molecule has 6 heteroatoms. The summed E-state index contributed by atoms with van der Waals surface area (Å²) in [7, 11) is 0. The van der Waals surface area contributed by atoms with Crippen LogP contribution in [0.25, 0.3) is 16.7 Å². The number of hydrogen-bond donors (Lipinski definition) is 1. The molecule has 2 aromatic heterocycles. The van der Waals surface area contributed by atoms with Crippen LogP contribution < -0.4 is 10.9 Å². The molecular formula is C25H26N4O2. The van der Waals surface area contributed by atoms with Gasteiger partial charge in [-0.25, -0.2) is 4.98 Å². The van der Waals surface area contributed by atoms with Gasteiger partial charge in [0.15, 0.2) is 5.65 Å². The molecule has 4 aromatic rings. The molecule has 0 fully saturated rings. The van der Waals surface area contributed by atoms with Crippen molar-refractivity contribution >= 4 is 16.9 Å². The quantitative estimate of drug-likeness (QED) is 0.517. The van der Waals surface area contributed by atoms with Crippen LogP contribution in [0.5, 0.6) is 0 Å². The van der Waals surface area contributed by atoms with Crippen LogP contribution in [-0.4, -0.2) is 20.0 Å². The maximum atomic E-state index is 13.2. The van der Waals surface area contributed by atoms with Gasteiger partial charge in [-0.15, -0.1) is 0 Å². The Morgan fingerprint density at radius 3 is 2.35 bits per heavy atom. The molecule has 0 aliphatic carbocycles. The minimum absolute atomic E-state index is 0.0872. The molecule has 0 spiro atoms. The van der Waals surface area contributed by atoms with Crippen molar-refractivity contribution in [2.75, 3.05) is 0 Å². The molecule has 0 aliphatic heterocycles. The lowest BCUT2D eigenvalue weighted by atomic mass is 10.1. The van der Waals surface area contributed by atoms with E-state index in [-0.39, 0.29) is 30.5 Å². The van der Waals surface area contributed by atoms with Crippen LogP contribution in [0.2, 0.25) is 0 Å².